The molecule has 1 aliphatic heterocycles. The number of hydrogen-bond donors (Lipinski definition) is 1. The average molecular weight is 498 g/mol. The van der Waals surface area contributed by atoms with Crippen LogP contribution in [0.5, 0.6) is 0 Å². The molecule has 1 aliphatic rings. The van der Waals surface area contributed by atoms with Crippen LogP contribution >= 0.6 is 0 Å². The number of carbonyl (C=O) groups is 3. The molecule has 0 spiro atoms. The Morgan fingerprint density at radius 3 is 2.19 bits per heavy atom. The maximum Gasteiger partial charge on any atom is 0.257 e. The molecule has 2 unspecified atom stereocenters. The highest BCUT2D eigenvalue weighted by atomic mass is 16.2. The maximum absolute atomic E-state index is 14.2. The van der Waals surface area contributed by atoms with E-state index in [1.807, 2.05) is 66.7 Å². The molecular formula is C31H35N3O3. The number of fused-ring (bicyclic) bond motifs is 1. The largest absolute Gasteiger partial charge is 0.354 e. The molecule has 1 heterocycles. The van der Waals surface area contributed by atoms with Crippen molar-refractivity contribution in [2.75, 3.05) is 18.5 Å². The van der Waals surface area contributed by atoms with Crippen LogP contribution in [0.2, 0.25) is 0 Å². The first kappa shape index (κ1) is 26.1. The summed E-state index contributed by atoms with van der Waals surface area (Å²) in [6.07, 6.45) is 3.15. The van der Waals surface area contributed by atoms with Crippen LogP contribution in [0.15, 0.2) is 84.9 Å². The molecule has 1 N–H and O–H groups in total. The van der Waals surface area contributed by atoms with E-state index in [2.05, 4.69) is 12.2 Å². The molecule has 0 aromatic heterocycles. The molecule has 2 atom stereocenters. The molecule has 0 aliphatic carbocycles. The lowest BCUT2D eigenvalue weighted by molar-refractivity contribution is -0.129. The number of hydrogen-bond acceptors (Lipinski definition) is 3. The molecule has 0 saturated carbocycles. The van der Waals surface area contributed by atoms with E-state index in [1.165, 1.54) is 0 Å². The zero-order chi connectivity index (χ0) is 26.2. The summed E-state index contributed by atoms with van der Waals surface area (Å²) >= 11 is 0. The van der Waals surface area contributed by atoms with Gasteiger partial charge in [-0.05, 0) is 42.5 Å². The Kier molecular flexibility index (Phi) is 8.72. The van der Waals surface area contributed by atoms with Crippen molar-refractivity contribution < 1.29 is 14.4 Å². The second-order valence-electron chi connectivity index (χ2n) is 9.52. The summed E-state index contributed by atoms with van der Waals surface area (Å²) < 4.78 is 0. The fraction of sp³-hybridized carbons (Fsp3) is 0.323. The molecular weight excluding hydrogens is 462 g/mol. The Balaban J connectivity index is 1.77. The number of benzene rings is 3. The van der Waals surface area contributed by atoms with E-state index in [0.717, 1.165) is 24.0 Å². The summed E-state index contributed by atoms with van der Waals surface area (Å²) in [6.45, 7) is 2.60. The van der Waals surface area contributed by atoms with Crippen LogP contribution in [0, 0.1) is 0 Å². The zero-order valence-electron chi connectivity index (χ0n) is 21.6. The standard InChI is InChI=1S/C31H35N3O3/c1-3-4-21-32-29(35)27(20-19-23-13-7-5-8-14-23)34-28(22-24-15-9-6-10-16-24)31(37)33(2)26-18-12-11-17-25(26)30(34)36/h5-18,27-28H,3-4,19-22H2,1-2H3,(H,32,35). The second kappa shape index (κ2) is 12.3. The summed E-state index contributed by atoms with van der Waals surface area (Å²) in [6, 6.07) is 25.1. The molecule has 0 radical (unpaired) electrons. The SMILES string of the molecule is CCCCNC(=O)C(CCc1ccccc1)N1C(=O)c2ccccc2N(C)C(=O)C1Cc1ccccc1. The fourth-order valence-electron chi connectivity index (χ4n) is 4.92. The maximum atomic E-state index is 14.2. The van der Waals surface area contributed by atoms with E-state index >= 15 is 0 Å². The van der Waals surface area contributed by atoms with Crippen molar-refractivity contribution in [1.29, 1.82) is 0 Å². The molecule has 37 heavy (non-hydrogen) atoms. The van der Waals surface area contributed by atoms with E-state index in [0.29, 0.717) is 37.1 Å². The Morgan fingerprint density at radius 1 is 0.892 bits per heavy atom. The predicted octanol–water partition coefficient (Wildman–Crippen LogP) is 4.63. The number of rotatable bonds is 10. The van der Waals surface area contributed by atoms with Gasteiger partial charge in [0, 0.05) is 20.0 Å². The lowest BCUT2D eigenvalue weighted by Gasteiger charge is -2.36. The van der Waals surface area contributed by atoms with Gasteiger partial charge in [-0.1, -0.05) is 86.1 Å². The molecule has 0 bridgehead atoms. The summed E-state index contributed by atoms with van der Waals surface area (Å²) in [5.41, 5.74) is 3.01. The Morgan fingerprint density at radius 2 is 1.51 bits per heavy atom. The summed E-state index contributed by atoms with van der Waals surface area (Å²) in [5, 5.41) is 3.03. The lowest BCUT2D eigenvalue weighted by atomic mass is 9.97. The lowest BCUT2D eigenvalue weighted by Crippen LogP contribution is -2.58. The van der Waals surface area contributed by atoms with Crippen molar-refractivity contribution in [3.63, 3.8) is 0 Å². The highest BCUT2D eigenvalue weighted by Crippen LogP contribution is 2.30. The molecule has 3 aromatic carbocycles. The number of aryl methyl sites for hydroxylation is 1. The molecule has 0 fully saturated rings. The third-order valence-electron chi connectivity index (χ3n) is 6.97. The third-order valence-corrected chi connectivity index (χ3v) is 6.97. The van der Waals surface area contributed by atoms with Crippen molar-refractivity contribution in [1.82, 2.24) is 10.2 Å². The smallest absolute Gasteiger partial charge is 0.257 e. The van der Waals surface area contributed by atoms with Crippen LogP contribution in [0.1, 0.15) is 47.7 Å². The van der Waals surface area contributed by atoms with Crippen LogP contribution in [-0.2, 0) is 22.4 Å². The molecule has 4 rings (SSSR count). The minimum absolute atomic E-state index is 0.201. The van der Waals surface area contributed by atoms with Gasteiger partial charge in [0.05, 0.1) is 11.3 Å². The van der Waals surface area contributed by atoms with Crippen molar-refractivity contribution in [3.05, 3.63) is 102 Å². The zero-order valence-corrected chi connectivity index (χ0v) is 21.6. The normalized spacial score (nSPS) is 16.2. The van der Waals surface area contributed by atoms with Crippen LogP contribution in [0.25, 0.3) is 0 Å². The number of amides is 3. The quantitative estimate of drug-likeness (QED) is 0.415. The fourth-order valence-corrected chi connectivity index (χ4v) is 4.92. The van der Waals surface area contributed by atoms with Gasteiger partial charge in [0.15, 0.2) is 0 Å². The number of likely N-dealkylation sites (N-methyl/N-ethyl adjacent to an activating group) is 1. The number of unbranched alkanes of at least 4 members (excludes halogenated alkanes) is 1. The Hall–Kier alpha value is -3.93. The number of carbonyl (C=O) groups excluding carboxylic acids is 3. The van der Waals surface area contributed by atoms with E-state index in [9.17, 15) is 14.4 Å². The number of nitrogens with one attached hydrogen (secondary N) is 1. The van der Waals surface area contributed by atoms with Gasteiger partial charge in [-0.15, -0.1) is 0 Å². The monoisotopic (exact) mass is 497 g/mol. The van der Waals surface area contributed by atoms with Crippen LogP contribution in [-0.4, -0.2) is 48.3 Å². The molecule has 6 heteroatoms. The van der Waals surface area contributed by atoms with Gasteiger partial charge in [-0.3, -0.25) is 14.4 Å². The van der Waals surface area contributed by atoms with Gasteiger partial charge in [-0.2, -0.15) is 0 Å². The number of anilines is 1. The van der Waals surface area contributed by atoms with Gasteiger partial charge < -0.3 is 15.1 Å². The summed E-state index contributed by atoms with van der Waals surface area (Å²) in [5.74, 6) is -0.711. The van der Waals surface area contributed by atoms with Gasteiger partial charge >= 0.3 is 0 Å². The predicted molar refractivity (Wildman–Crippen MR) is 146 cm³/mol. The highest BCUT2D eigenvalue weighted by molar-refractivity contribution is 6.12. The second-order valence-corrected chi connectivity index (χ2v) is 9.52. The van der Waals surface area contributed by atoms with Crippen molar-refractivity contribution in [2.24, 2.45) is 0 Å². The van der Waals surface area contributed by atoms with Crippen LogP contribution in [0.4, 0.5) is 5.69 Å². The first-order chi connectivity index (χ1) is 18.0. The van der Waals surface area contributed by atoms with Gasteiger partial charge in [0.25, 0.3) is 5.91 Å². The van der Waals surface area contributed by atoms with Crippen molar-refractivity contribution in [3.8, 4) is 0 Å². The van der Waals surface area contributed by atoms with Crippen molar-refractivity contribution in [2.45, 2.75) is 51.1 Å². The van der Waals surface area contributed by atoms with Gasteiger partial charge in [0.2, 0.25) is 11.8 Å². The Bertz CT molecular complexity index is 1210. The highest BCUT2D eigenvalue weighted by Gasteiger charge is 2.43. The molecule has 3 aromatic rings. The molecule has 3 amide bonds. The van der Waals surface area contributed by atoms with Crippen molar-refractivity contribution >= 4 is 23.4 Å². The van der Waals surface area contributed by atoms with E-state index in [-0.39, 0.29) is 17.7 Å². The first-order valence-electron chi connectivity index (χ1n) is 13.1. The number of nitrogens with zero attached hydrogens (tertiary/aromatic N) is 2. The van der Waals surface area contributed by atoms with E-state index < -0.39 is 12.1 Å². The topological polar surface area (TPSA) is 69.7 Å². The van der Waals surface area contributed by atoms with Gasteiger partial charge in [0.1, 0.15) is 12.1 Å². The summed E-state index contributed by atoms with van der Waals surface area (Å²) in [4.78, 5) is 44.9. The molecule has 6 nitrogen and oxygen atoms in total. The average Bonchev–Trinajstić information content (AvgIpc) is 3.00. The number of para-hydroxylation sites is 1. The van der Waals surface area contributed by atoms with Crippen LogP contribution in [0.3, 0.4) is 0 Å². The van der Waals surface area contributed by atoms with Crippen LogP contribution < -0.4 is 10.2 Å². The van der Waals surface area contributed by atoms with Gasteiger partial charge in [-0.25, -0.2) is 0 Å². The molecule has 0 saturated heterocycles. The minimum atomic E-state index is -0.815. The van der Waals surface area contributed by atoms with E-state index in [4.69, 9.17) is 0 Å². The molecule has 192 valence electrons. The minimum Gasteiger partial charge on any atom is -0.354 e. The third kappa shape index (κ3) is 6.08. The van der Waals surface area contributed by atoms with E-state index in [1.54, 1.807) is 35.0 Å². The Labute approximate surface area is 219 Å². The first-order valence-corrected chi connectivity index (χ1v) is 13.1. The summed E-state index contributed by atoms with van der Waals surface area (Å²) in [7, 11) is 1.70.